The van der Waals surface area contributed by atoms with Gasteiger partial charge in [0.25, 0.3) is 0 Å². The maximum Gasteiger partial charge on any atom is 0.207 e. The maximum atomic E-state index is 5.45. The zero-order chi connectivity index (χ0) is 11.5. The average Bonchev–Trinajstić information content (AvgIpc) is 2.65. The predicted octanol–water partition coefficient (Wildman–Crippen LogP) is 1.62. The third-order valence-electron chi connectivity index (χ3n) is 1.79. The second kappa shape index (κ2) is 4.50. The van der Waals surface area contributed by atoms with Crippen molar-refractivity contribution in [2.45, 2.75) is 6.92 Å². The van der Waals surface area contributed by atoms with Crippen molar-refractivity contribution in [2.75, 3.05) is 5.32 Å². The summed E-state index contributed by atoms with van der Waals surface area (Å²) in [6.45, 7) is 1.84. The van der Waals surface area contributed by atoms with Crippen LogP contribution in [0, 0.1) is 6.92 Å². The molecule has 0 radical (unpaired) electrons. The van der Waals surface area contributed by atoms with Gasteiger partial charge in [-0.1, -0.05) is 12.2 Å². The van der Waals surface area contributed by atoms with E-state index in [2.05, 4.69) is 19.7 Å². The Kier molecular flexibility index (Phi) is 3.07. The molecule has 2 heterocycles. The molecule has 2 aromatic heterocycles. The summed E-state index contributed by atoms with van der Waals surface area (Å²) in [5.74, 6) is 0.750. The number of nitrogens with zero attached hydrogens (tertiary/aromatic N) is 3. The van der Waals surface area contributed by atoms with Crippen molar-refractivity contribution < 1.29 is 0 Å². The highest BCUT2D eigenvalue weighted by Crippen LogP contribution is 2.17. The van der Waals surface area contributed by atoms with Gasteiger partial charge >= 0.3 is 0 Å². The molecule has 0 aliphatic rings. The van der Waals surface area contributed by atoms with Crippen molar-refractivity contribution in [1.82, 2.24) is 14.3 Å². The van der Waals surface area contributed by atoms with Gasteiger partial charge in [0.2, 0.25) is 5.13 Å². The van der Waals surface area contributed by atoms with Gasteiger partial charge in [-0.05, 0) is 19.1 Å². The first-order chi connectivity index (χ1) is 7.65. The Morgan fingerprint density at radius 3 is 2.81 bits per heavy atom. The van der Waals surface area contributed by atoms with Gasteiger partial charge in [-0.15, -0.1) is 0 Å². The molecule has 0 bridgehead atoms. The molecule has 0 fully saturated rings. The largest absolute Gasteiger partial charge is 0.388 e. The average molecular weight is 251 g/mol. The van der Waals surface area contributed by atoms with Crippen molar-refractivity contribution in [3.63, 3.8) is 0 Å². The van der Waals surface area contributed by atoms with Crippen LogP contribution in [-0.2, 0) is 0 Å². The second-order valence-corrected chi connectivity index (χ2v) is 4.26. The predicted molar refractivity (Wildman–Crippen MR) is 68.1 cm³/mol. The molecule has 3 N–H and O–H groups in total. The Labute approximate surface area is 102 Å². The Hall–Kier alpha value is -1.60. The van der Waals surface area contributed by atoms with Gasteiger partial charge in [0.1, 0.15) is 10.8 Å². The van der Waals surface area contributed by atoms with Crippen molar-refractivity contribution in [1.29, 1.82) is 0 Å². The van der Waals surface area contributed by atoms with E-state index in [1.807, 2.05) is 13.0 Å². The number of aryl methyl sites for hydroxylation is 1. The molecule has 0 aromatic carbocycles. The van der Waals surface area contributed by atoms with Gasteiger partial charge in [-0.3, -0.25) is 4.98 Å². The first kappa shape index (κ1) is 10.9. The summed E-state index contributed by atoms with van der Waals surface area (Å²) in [5, 5.41) is 3.83. The lowest BCUT2D eigenvalue weighted by atomic mass is 10.3. The Morgan fingerprint density at radius 1 is 1.50 bits per heavy atom. The standard InChI is InChI=1S/C9H9N5S2/c1-5-12-9(16-14-5)13-6-2-3-7(8(10)15)11-4-6/h2-4H,1H3,(H2,10,15)(H,12,13,14). The molecule has 0 saturated heterocycles. The lowest BCUT2D eigenvalue weighted by Gasteiger charge is -2.02. The van der Waals surface area contributed by atoms with Crippen LogP contribution in [0.2, 0.25) is 0 Å². The first-order valence-electron chi connectivity index (χ1n) is 4.48. The SMILES string of the molecule is Cc1nsc(Nc2ccc(C(N)=S)nc2)n1. The summed E-state index contributed by atoms with van der Waals surface area (Å²) in [6, 6.07) is 3.61. The number of hydrogen-bond acceptors (Lipinski definition) is 6. The third-order valence-corrected chi connectivity index (χ3v) is 2.73. The molecule has 0 spiro atoms. The van der Waals surface area contributed by atoms with Crippen molar-refractivity contribution in [2.24, 2.45) is 5.73 Å². The van der Waals surface area contributed by atoms with Crippen LogP contribution in [0.15, 0.2) is 18.3 Å². The lowest BCUT2D eigenvalue weighted by Crippen LogP contribution is -2.11. The van der Waals surface area contributed by atoms with Gasteiger partial charge in [-0.25, -0.2) is 4.98 Å². The van der Waals surface area contributed by atoms with Gasteiger partial charge in [0.15, 0.2) is 0 Å². The lowest BCUT2D eigenvalue weighted by molar-refractivity contribution is 1.16. The molecule has 82 valence electrons. The molecule has 2 rings (SSSR count). The number of pyridine rings is 1. The van der Waals surface area contributed by atoms with Crippen LogP contribution < -0.4 is 11.1 Å². The number of hydrogen-bond donors (Lipinski definition) is 2. The van der Waals surface area contributed by atoms with Crippen molar-refractivity contribution in [3.05, 3.63) is 29.8 Å². The summed E-state index contributed by atoms with van der Waals surface area (Å²) in [4.78, 5) is 8.58. The van der Waals surface area contributed by atoms with E-state index < -0.39 is 0 Å². The minimum Gasteiger partial charge on any atom is -0.388 e. The summed E-state index contributed by atoms with van der Waals surface area (Å²) in [7, 11) is 0. The highest BCUT2D eigenvalue weighted by molar-refractivity contribution is 7.80. The first-order valence-corrected chi connectivity index (χ1v) is 5.66. The van der Waals surface area contributed by atoms with E-state index in [-0.39, 0.29) is 0 Å². The van der Waals surface area contributed by atoms with Gasteiger partial charge in [0.05, 0.1) is 17.6 Å². The Balaban J connectivity index is 2.14. The quantitative estimate of drug-likeness (QED) is 0.807. The fourth-order valence-electron chi connectivity index (χ4n) is 1.08. The smallest absolute Gasteiger partial charge is 0.207 e. The Bertz CT molecular complexity index is 505. The molecule has 2 aromatic rings. The molecule has 5 nitrogen and oxygen atoms in total. The van der Waals surface area contributed by atoms with E-state index in [1.54, 1.807) is 12.3 Å². The zero-order valence-electron chi connectivity index (χ0n) is 8.47. The molecule has 0 atom stereocenters. The second-order valence-electron chi connectivity index (χ2n) is 3.07. The third kappa shape index (κ3) is 2.50. The van der Waals surface area contributed by atoms with E-state index >= 15 is 0 Å². The maximum absolute atomic E-state index is 5.45. The summed E-state index contributed by atoms with van der Waals surface area (Å²) < 4.78 is 4.07. The number of rotatable bonds is 3. The number of nitrogens with one attached hydrogen (secondary N) is 1. The molecule has 0 aliphatic carbocycles. The van der Waals surface area contributed by atoms with E-state index in [4.69, 9.17) is 18.0 Å². The molecule has 0 saturated carbocycles. The number of anilines is 2. The number of thiocarbonyl (C=S) groups is 1. The van der Waals surface area contributed by atoms with Crippen LogP contribution in [-0.4, -0.2) is 19.3 Å². The topological polar surface area (TPSA) is 76.7 Å². The molecule has 0 aliphatic heterocycles. The van der Waals surface area contributed by atoms with Crippen molar-refractivity contribution >= 4 is 39.6 Å². The van der Waals surface area contributed by atoms with Crippen LogP contribution in [0.25, 0.3) is 0 Å². The zero-order valence-corrected chi connectivity index (χ0v) is 10.1. The summed E-state index contributed by atoms with van der Waals surface area (Å²) in [6.07, 6.45) is 1.66. The van der Waals surface area contributed by atoms with Crippen LogP contribution in [0.4, 0.5) is 10.8 Å². The fraction of sp³-hybridized carbons (Fsp3) is 0.111. The van der Waals surface area contributed by atoms with Gasteiger partial charge in [-0.2, -0.15) is 4.37 Å². The van der Waals surface area contributed by atoms with Crippen LogP contribution in [0.5, 0.6) is 0 Å². The normalized spacial score (nSPS) is 10.1. The minimum atomic E-state index is 0.290. The van der Waals surface area contributed by atoms with E-state index in [0.717, 1.165) is 16.6 Å². The monoisotopic (exact) mass is 251 g/mol. The summed E-state index contributed by atoms with van der Waals surface area (Å²) >= 11 is 6.12. The van der Waals surface area contributed by atoms with Crippen LogP contribution in [0.1, 0.15) is 11.5 Å². The fourth-order valence-corrected chi connectivity index (χ4v) is 1.80. The number of aromatic nitrogens is 3. The van der Waals surface area contributed by atoms with E-state index in [9.17, 15) is 0 Å². The van der Waals surface area contributed by atoms with Crippen LogP contribution >= 0.6 is 23.8 Å². The van der Waals surface area contributed by atoms with E-state index in [0.29, 0.717) is 10.7 Å². The molecule has 0 unspecified atom stereocenters. The molecule has 16 heavy (non-hydrogen) atoms. The highest BCUT2D eigenvalue weighted by Gasteiger charge is 2.02. The molecular formula is C9H9N5S2. The van der Waals surface area contributed by atoms with E-state index in [1.165, 1.54) is 11.5 Å². The molecule has 0 amide bonds. The summed E-state index contributed by atoms with van der Waals surface area (Å²) in [5.41, 5.74) is 6.88. The molecule has 7 heteroatoms. The van der Waals surface area contributed by atoms with Crippen LogP contribution in [0.3, 0.4) is 0 Å². The van der Waals surface area contributed by atoms with Gasteiger partial charge < -0.3 is 11.1 Å². The minimum absolute atomic E-state index is 0.290. The molecular weight excluding hydrogens is 242 g/mol. The Morgan fingerprint density at radius 2 is 2.31 bits per heavy atom. The highest BCUT2D eigenvalue weighted by atomic mass is 32.1. The number of nitrogens with two attached hydrogens (primary N) is 1. The van der Waals surface area contributed by atoms with Crippen molar-refractivity contribution in [3.8, 4) is 0 Å². The van der Waals surface area contributed by atoms with Gasteiger partial charge in [0, 0.05) is 11.5 Å².